The van der Waals surface area contributed by atoms with Crippen molar-refractivity contribution in [3.05, 3.63) is 53.4 Å². The average Bonchev–Trinajstić information content (AvgIpc) is 3.24. The Labute approximate surface area is 127 Å². The van der Waals surface area contributed by atoms with Crippen molar-refractivity contribution < 1.29 is 0 Å². The minimum Gasteiger partial charge on any atom is -0.244 e. The van der Waals surface area contributed by atoms with Gasteiger partial charge in [0.15, 0.2) is 0 Å². The number of nitrogens with zero attached hydrogens (tertiary/aromatic N) is 3. The van der Waals surface area contributed by atoms with Crippen molar-refractivity contribution in [2.45, 2.75) is 25.7 Å². The standard InChI is InChI=1S/C17H15N3S/c1-11-3-2-4-13(7-11)15-17(21-10-20-15)16-14(12-5-6-12)8-18-9-19-16/h2-4,7-10,12H,5-6H2,1H3. The predicted molar refractivity (Wildman–Crippen MR) is 85.3 cm³/mol. The number of hydrogen-bond donors (Lipinski definition) is 0. The number of rotatable bonds is 3. The minimum atomic E-state index is 0.633. The van der Waals surface area contributed by atoms with E-state index in [1.54, 1.807) is 17.7 Å². The van der Waals surface area contributed by atoms with E-state index in [0.717, 1.165) is 21.8 Å². The number of aromatic nitrogens is 3. The molecule has 0 radical (unpaired) electrons. The molecule has 0 bridgehead atoms. The fraction of sp³-hybridized carbons (Fsp3) is 0.235. The third kappa shape index (κ3) is 2.36. The lowest BCUT2D eigenvalue weighted by Gasteiger charge is -2.07. The highest BCUT2D eigenvalue weighted by atomic mass is 32.1. The molecule has 0 atom stereocenters. The zero-order chi connectivity index (χ0) is 14.2. The summed E-state index contributed by atoms with van der Waals surface area (Å²) in [6.45, 7) is 2.11. The van der Waals surface area contributed by atoms with Gasteiger partial charge in [-0.15, -0.1) is 11.3 Å². The van der Waals surface area contributed by atoms with Crippen LogP contribution in [0.4, 0.5) is 0 Å². The molecular formula is C17H15N3S. The molecule has 0 aliphatic heterocycles. The smallest absolute Gasteiger partial charge is 0.116 e. The van der Waals surface area contributed by atoms with Gasteiger partial charge in [0.1, 0.15) is 6.33 Å². The fourth-order valence-corrected chi connectivity index (χ4v) is 3.46. The van der Waals surface area contributed by atoms with E-state index in [-0.39, 0.29) is 0 Å². The second-order valence-electron chi connectivity index (χ2n) is 5.50. The quantitative estimate of drug-likeness (QED) is 0.716. The van der Waals surface area contributed by atoms with Crippen molar-refractivity contribution in [3.8, 4) is 21.8 Å². The highest BCUT2D eigenvalue weighted by molar-refractivity contribution is 7.13. The van der Waals surface area contributed by atoms with Crippen LogP contribution in [0.15, 0.2) is 42.3 Å². The normalized spacial score (nSPS) is 14.3. The lowest BCUT2D eigenvalue weighted by Crippen LogP contribution is -1.93. The molecule has 104 valence electrons. The van der Waals surface area contributed by atoms with Crippen LogP contribution < -0.4 is 0 Å². The maximum atomic E-state index is 4.58. The van der Waals surface area contributed by atoms with Crippen LogP contribution >= 0.6 is 11.3 Å². The van der Waals surface area contributed by atoms with E-state index in [4.69, 9.17) is 0 Å². The number of hydrogen-bond acceptors (Lipinski definition) is 4. The zero-order valence-corrected chi connectivity index (χ0v) is 12.6. The molecular weight excluding hydrogens is 278 g/mol. The van der Waals surface area contributed by atoms with E-state index < -0.39 is 0 Å². The third-order valence-electron chi connectivity index (χ3n) is 3.83. The topological polar surface area (TPSA) is 38.7 Å². The maximum absolute atomic E-state index is 4.58. The minimum absolute atomic E-state index is 0.633. The van der Waals surface area contributed by atoms with E-state index >= 15 is 0 Å². The Bertz CT molecular complexity index is 790. The first-order valence-corrected chi connectivity index (χ1v) is 8.01. The van der Waals surface area contributed by atoms with Crippen LogP contribution in [0.25, 0.3) is 21.8 Å². The van der Waals surface area contributed by atoms with Gasteiger partial charge in [0.2, 0.25) is 0 Å². The highest BCUT2D eigenvalue weighted by Crippen LogP contribution is 2.45. The number of benzene rings is 1. The summed E-state index contributed by atoms with van der Waals surface area (Å²) in [5, 5.41) is 0. The Morgan fingerprint density at radius 2 is 2.05 bits per heavy atom. The van der Waals surface area contributed by atoms with E-state index in [1.165, 1.54) is 24.0 Å². The Hall–Kier alpha value is -2.07. The van der Waals surface area contributed by atoms with Crippen LogP contribution in [-0.2, 0) is 0 Å². The highest BCUT2D eigenvalue weighted by Gasteiger charge is 2.28. The predicted octanol–water partition coefficient (Wildman–Crippen LogP) is 4.45. The van der Waals surface area contributed by atoms with Gasteiger partial charge in [-0.3, -0.25) is 0 Å². The van der Waals surface area contributed by atoms with Crippen molar-refractivity contribution in [1.29, 1.82) is 0 Å². The summed E-state index contributed by atoms with van der Waals surface area (Å²) >= 11 is 1.66. The molecule has 0 saturated heterocycles. The summed E-state index contributed by atoms with van der Waals surface area (Å²) < 4.78 is 0. The number of aryl methyl sites for hydroxylation is 1. The van der Waals surface area contributed by atoms with Crippen LogP contribution in [0, 0.1) is 6.92 Å². The molecule has 0 N–H and O–H groups in total. The molecule has 1 saturated carbocycles. The van der Waals surface area contributed by atoms with Crippen LogP contribution in [0.5, 0.6) is 0 Å². The number of thiazole rings is 1. The zero-order valence-electron chi connectivity index (χ0n) is 11.8. The molecule has 2 aromatic heterocycles. The largest absolute Gasteiger partial charge is 0.244 e. The van der Waals surface area contributed by atoms with Crippen molar-refractivity contribution in [2.75, 3.05) is 0 Å². The second-order valence-corrected chi connectivity index (χ2v) is 6.36. The van der Waals surface area contributed by atoms with E-state index in [1.807, 2.05) is 11.7 Å². The molecule has 1 aliphatic rings. The van der Waals surface area contributed by atoms with Gasteiger partial charge >= 0.3 is 0 Å². The van der Waals surface area contributed by atoms with Gasteiger partial charge in [0, 0.05) is 17.3 Å². The lowest BCUT2D eigenvalue weighted by atomic mass is 10.0. The monoisotopic (exact) mass is 293 g/mol. The molecule has 4 rings (SSSR count). The second kappa shape index (κ2) is 5.04. The van der Waals surface area contributed by atoms with Gasteiger partial charge in [0.25, 0.3) is 0 Å². The van der Waals surface area contributed by atoms with Gasteiger partial charge in [-0.05, 0) is 31.7 Å². The summed E-state index contributed by atoms with van der Waals surface area (Å²) in [5.41, 5.74) is 7.68. The van der Waals surface area contributed by atoms with Crippen molar-refractivity contribution >= 4 is 11.3 Å². The summed E-state index contributed by atoms with van der Waals surface area (Å²) in [6, 6.07) is 8.48. The van der Waals surface area contributed by atoms with Crippen LogP contribution in [0.1, 0.15) is 29.9 Å². The first-order valence-electron chi connectivity index (χ1n) is 7.14. The molecule has 1 fully saturated rings. The first-order chi connectivity index (χ1) is 10.3. The molecule has 4 heteroatoms. The summed E-state index contributed by atoms with van der Waals surface area (Å²) in [6.07, 6.45) is 6.11. The third-order valence-corrected chi connectivity index (χ3v) is 4.66. The van der Waals surface area contributed by atoms with Crippen molar-refractivity contribution in [2.24, 2.45) is 0 Å². The van der Waals surface area contributed by atoms with Gasteiger partial charge in [-0.25, -0.2) is 15.0 Å². The summed E-state index contributed by atoms with van der Waals surface area (Å²) in [7, 11) is 0. The van der Waals surface area contributed by atoms with E-state index in [0.29, 0.717) is 5.92 Å². The lowest BCUT2D eigenvalue weighted by molar-refractivity contribution is 1.04. The molecule has 1 aliphatic carbocycles. The van der Waals surface area contributed by atoms with E-state index in [9.17, 15) is 0 Å². The molecule has 0 amide bonds. The Morgan fingerprint density at radius 1 is 1.14 bits per heavy atom. The molecule has 21 heavy (non-hydrogen) atoms. The van der Waals surface area contributed by atoms with Crippen LogP contribution in [0.3, 0.4) is 0 Å². The Morgan fingerprint density at radius 3 is 2.86 bits per heavy atom. The van der Waals surface area contributed by atoms with Crippen LogP contribution in [-0.4, -0.2) is 15.0 Å². The fourth-order valence-electron chi connectivity index (χ4n) is 2.64. The van der Waals surface area contributed by atoms with Crippen molar-refractivity contribution in [1.82, 2.24) is 15.0 Å². The molecule has 1 aromatic carbocycles. The van der Waals surface area contributed by atoms with Crippen LogP contribution in [0.2, 0.25) is 0 Å². The molecule has 2 heterocycles. The van der Waals surface area contributed by atoms with Gasteiger partial charge in [0.05, 0.1) is 21.8 Å². The van der Waals surface area contributed by atoms with Gasteiger partial charge in [-0.2, -0.15) is 0 Å². The molecule has 0 spiro atoms. The molecule has 3 nitrogen and oxygen atoms in total. The molecule has 0 unspecified atom stereocenters. The molecule has 3 aromatic rings. The van der Waals surface area contributed by atoms with Gasteiger partial charge in [-0.1, -0.05) is 23.8 Å². The Balaban J connectivity index is 1.86. The first kappa shape index (κ1) is 12.7. The van der Waals surface area contributed by atoms with Gasteiger partial charge < -0.3 is 0 Å². The average molecular weight is 293 g/mol. The summed E-state index contributed by atoms with van der Waals surface area (Å²) in [4.78, 5) is 14.5. The van der Waals surface area contributed by atoms with Crippen molar-refractivity contribution in [3.63, 3.8) is 0 Å². The Kier molecular flexibility index (Phi) is 3.04. The SMILES string of the molecule is Cc1cccc(-c2ncsc2-c2ncncc2C2CC2)c1. The maximum Gasteiger partial charge on any atom is 0.116 e. The summed E-state index contributed by atoms with van der Waals surface area (Å²) in [5.74, 6) is 0.633. The van der Waals surface area contributed by atoms with E-state index in [2.05, 4.69) is 46.1 Å².